The third-order valence-electron chi connectivity index (χ3n) is 4.51. The highest BCUT2D eigenvalue weighted by Crippen LogP contribution is 2.16. The van der Waals surface area contributed by atoms with Gasteiger partial charge in [0.2, 0.25) is 0 Å². The van der Waals surface area contributed by atoms with Crippen LogP contribution in [-0.4, -0.2) is 29.8 Å². The van der Waals surface area contributed by atoms with E-state index in [1.54, 1.807) is 10.9 Å². The lowest BCUT2D eigenvalue weighted by Crippen LogP contribution is -2.16. The van der Waals surface area contributed by atoms with Crippen LogP contribution in [-0.2, 0) is 6.54 Å². The van der Waals surface area contributed by atoms with Crippen molar-refractivity contribution in [2.75, 3.05) is 24.3 Å². The molecule has 0 unspecified atom stereocenters. The number of nitrogens with one attached hydrogen (secondary N) is 1. The van der Waals surface area contributed by atoms with Gasteiger partial charge in [-0.1, -0.05) is 18.2 Å². The van der Waals surface area contributed by atoms with Crippen LogP contribution in [0, 0.1) is 13.8 Å². The molecule has 2 aromatic carbocycles. The van der Waals surface area contributed by atoms with Gasteiger partial charge in [0.25, 0.3) is 5.91 Å². The SMILES string of the molecule is Cc1ccc(C(=O)Nc2ccnn2Cc2ccc(N(C)C)cc2)cc1C. The highest BCUT2D eigenvalue weighted by molar-refractivity contribution is 6.04. The van der Waals surface area contributed by atoms with Crippen LogP contribution >= 0.6 is 0 Å². The Labute approximate surface area is 154 Å². The van der Waals surface area contributed by atoms with Gasteiger partial charge in [-0.05, 0) is 54.8 Å². The lowest BCUT2D eigenvalue weighted by molar-refractivity contribution is 0.102. The molecule has 0 aliphatic heterocycles. The van der Waals surface area contributed by atoms with E-state index in [-0.39, 0.29) is 5.91 Å². The molecular formula is C21H24N4O. The van der Waals surface area contributed by atoms with Crippen molar-refractivity contribution in [1.82, 2.24) is 9.78 Å². The monoisotopic (exact) mass is 348 g/mol. The topological polar surface area (TPSA) is 50.2 Å². The minimum atomic E-state index is -0.127. The summed E-state index contributed by atoms with van der Waals surface area (Å²) in [4.78, 5) is 14.6. The van der Waals surface area contributed by atoms with E-state index in [2.05, 4.69) is 39.6 Å². The second-order valence-corrected chi connectivity index (χ2v) is 6.69. The van der Waals surface area contributed by atoms with Crippen LogP contribution < -0.4 is 10.2 Å². The van der Waals surface area contributed by atoms with Crippen molar-refractivity contribution < 1.29 is 4.79 Å². The van der Waals surface area contributed by atoms with Crippen molar-refractivity contribution >= 4 is 17.4 Å². The maximum atomic E-state index is 12.5. The highest BCUT2D eigenvalue weighted by atomic mass is 16.1. The number of aromatic nitrogens is 2. The van der Waals surface area contributed by atoms with Gasteiger partial charge in [0.1, 0.15) is 5.82 Å². The Hall–Kier alpha value is -3.08. The molecule has 0 saturated heterocycles. The minimum absolute atomic E-state index is 0.127. The maximum absolute atomic E-state index is 12.5. The number of amides is 1. The number of carbonyl (C=O) groups excluding carboxylic acids is 1. The van der Waals surface area contributed by atoms with Crippen LogP contribution in [0.1, 0.15) is 27.0 Å². The average molecular weight is 348 g/mol. The number of hydrogen-bond acceptors (Lipinski definition) is 3. The number of anilines is 2. The summed E-state index contributed by atoms with van der Waals surface area (Å²) in [6, 6.07) is 15.8. The van der Waals surface area contributed by atoms with Crippen LogP contribution in [0.15, 0.2) is 54.7 Å². The molecular weight excluding hydrogens is 324 g/mol. The van der Waals surface area contributed by atoms with Gasteiger partial charge < -0.3 is 10.2 Å². The van der Waals surface area contributed by atoms with Crippen LogP contribution in [0.2, 0.25) is 0 Å². The summed E-state index contributed by atoms with van der Waals surface area (Å²) in [5.74, 6) is 0.558. The summed E-state index contributed by atoms with van der Waals surface area (Å²) in [6.45, 7) is 4.64. The first-order valence-corrected chi connectivity index (χ1v) is 8.61. The summed E-state index contributed by atoms with van der Waals surface area (Å²) < 4.78 is 1.80. The zero-order valence-corrected chi connectivity index (χ0v) is 15.7. The standard InChI is InChI=1S/C21H24N4O/c1-15-5-8-18(13-16(15)2)21(26)23-20-11-12-22-25(20)14-17-6-9-19(10-7-17)24(3)4/h5-13H,14H2,1-4H3,(H,23,26). The van der Waals surface area contributed by atoms with E-state index in [0.29, 0.717) is 17.9 Å². The Bertz CT molecular complexity index is 910. The fraction of sp³-hybridized carbons (Fsp3) is 0.238. The number of carbonyl (C=O) groups is 1. The van der Waals surface area contributed by atoms with Crippen molar-refractivity contribution in [3.63, 3.8) is 0 Å². The average Bonchev–Trinajstić information content (AvgIpc) is 3.04. The maximum Gasteiger partial charge on any atom is 0.256 e. The molecule has 0 aliphatic carbocycles. The molecule has 26 heavy (non-hydrogen) atoms. The van der Waals surface area contributed by atoms with E-state index in [1.807, 2.05) is 52.2 Å². The summed E-state index contributed by atoms with van der Waals surface area (Å²) in [6.07, 6.45) is 1.70. The molecule has 0 bridgehead atoms. The van der Waals surface area contributed by atoms with E-state index in [1.165, 1.54) is 5.56 Å². The Morgan fingerprint density at radius 2 is 1.77 bits per heavy atom. The molecule has 1 aromatic heterocycles. The number of rotatable bonds is 5. The first-order valence-electron chi connectivity index (χ1n) is 8.61. The van der Waals surface area contributed by atoms with E-state index in [9.17, 15) is 4.79 Å². The predicted molar refractivity (Wildman–Crippen MR) is 106 cm³/mol. The molecule has 0 saturated carbocycles. The summed E-state index contributed by atoms with van der Waals surface area (Å²) in [7, 11) is 4.03. The van der Waals surface area contributed by atoms with Gasteiger partial charge in [0.15, 0.2) is 0 Å². The van der Waals surface area contributed by atoms with Crippen molar-refractivity contribution in [2.24, 2.45) is 0 Å². The molecule has 3 rings (SSSR count). The van der Waals surface area contributed by atoms with E-state index in [4.69, 9.17) is 0 Å². The molecule has 1 N–H and O–H groups in total. The molecule has 0 spiro atoms. The number of hydrogen-bond donors (Lipinski definition) is 1. The smallest absolute Gasteiger partial charge is 0.256 e. The molecule has 3 aromatic rings. The zero-order valence-electron chi connectivity index (χ0n) is 15.7. The molecule has 0 atom stereocenters. The molecule has 1 amide bonds. The molecule has 0 aliphatic rings. The van der Waals surface area contributed by atoms with Gasteiger partial charge in [-0.25, -0.2) is 4.68 Å². The summed E-state index contributed by atoms with van der Waals surface area (Å²) >= 11 is 0. The van der Waals surface area contributed by atoms with Crippen molar-refractivity contribution in [1.29, 1.82) is 0 Å². The summed E-state index contributed by atoms with van der Waals surface area (Å²) in [5.41, 5.74) is 5.20. The first-order chi connectivity index (χ1) is 12.4. The van der Waals surface area contributed by atoms with Crippen LogP contribution in [0.25, 0.3) is 0 Å². The first kappa shape index (κ1) is 17.7. The highest BCUT2D eigenvalue weighted by Gasteiger charge is 2.11. The van der Waals surface area contributed by atoms with E-state index in [0.717, 1.165) is 16.8 Å². The molecule has 1 heterocycles. The molecule has 0 fully saturated rings. The van der Waals surface area contributed by atoms with Crippen LogP contribution in [0.4, 0.5) is 11.5 Å². The Balaban J connectivity index is 1.73. The second-order valence-electron chi connectivity index (χ2n) is 6.69. The van der Waals surface area contributed by atoms with Gasteiger partial charge in [0, 0.05) is 31.4 Å². The third-order valence-corrected chi connectivity index (χ3v) is 4.51. The number of aryl methyl sites for hydroxylation is 2. The Kier molecular flexibility index (Phi) is 5.07. The largest absolute Gasteiger partial charge is 0.378 e. The number of benzene rings is 2. The molecule has 0 radical (unpaired) electrons. The van der Waals surface area contributed by atoms with E-state index >= 15 is 0 Å². The predicted octanol–water partition coefficient (Wildman–Crippen LogP) is 3.87. The normalized spacial score (nSPS) is 10.6. The molecule has 5 heteroatoms. The van der Waals surface area contributed by atoms with Gasteiger partial charge in [-0.2, -0.15) is 5.10 Å². The quantitative estimate of drug-likeness (QED) is 0.761. The van der Waals surface area contributed by atoms with Crippen molar-refractivity contribution in [2.45, 2.75) is 20.4 Å². The summed E-state index contributed by atoms with van der Waals surface area (Å²) in [5, 5.41) is 7.30. The Morgan fingerprint density at radius 3 is 2.42 bits per heavy atom. The lowest BCUT2D eigenvalue weighted by atomic mass is 10.1. The van der Waals surface area contributed by atoms with Gasteiger partial charge in [0.05, 0.1) is 12.7 Å². The van der Waals surface area contributed by atoms with Crippen LogP contribution in [0.5, 0.6) is 0 Å². The lowest BCUT2D eigenvalue weighted by Gasteiger charge is -2.13. The number of nitrogens with zero attached hydrogens (tertiary/aromatic N) is 3. The zero-order chi connectivity index (χ0) is 18.7. The van der Waals surface area contributed by atoms with Gasteiger partial charge >= 0.3 is 0 Å². The van der Waals surface area contributed by atoms with Crippen molar-refractivity contribution in [3.8, 4) is 0 Å². The molecule has 5 nitrogen and oxygen atoms in total. The van der Waals surface area contributed by atoms with E-state index < -0.39 is 0 Å². The minimum Gasteiger partial charge on any atom is -0.378 e. The van der Waals surface area contributed by atoms with Gasteiger partial charge in [-0.3, -0.25) is 4.79 Å². The fourth-order valence-electron chi connectivity index (χ4n) is 2.71. The van der Waals surface area contributed by atoms with Gasteiger partial charge in [-0.15, -0.1) is 0 Å². The second kappa shape index (κ2) is 7.44. The Morgan fingerprint density at radius 1 is 1.04 bits per heavy atom. The third kappa shape index (κ3) is 3.94. The van der Waals surface area contributed by atoms with Crippen molar-refractivity contribution in [3.05, 3.63) is 77.0 Å². The van der Waals surface area contributed by atoms with Crippen LogP contribution in [0.3, 0.4) is 0 Å². The fourth-order valence-corrected chi connectivity index (χ4v) is 2.71. The molecule has 134 valence electrons.